The van der Waals surface area contributed by atoms with Crippen molar-refractivity contribution in [2.45, 2.75) is 34.1 Å². The lowest BCUT2D eigenvalue weighted by atomic mass is 9.83. The molecular weight excluding hydrogens is 132 g/mol. The van der Waals surface area contributed by atoms with Crippen LogP contribution in [0.1, 0.15) is 34.1 Å². The number of hydrogen-bond acceptors (Lipinski definition) is 0. The van der Waals surface area contributed by atoms with Crippen LogP contribution in [0, 0.1) is 11.3 Å². The van der Waals surface area contributed by atoms with Crippen molar-refractivity contribution in [3.05, 3.63) is 23.8 Å². The van der Waals surface area contributed by atoms with Gasteiger partial charge in [0.15, 0.2) is 0 Å². The second kappa shape index (κ2) is 2.84. The summed E-state index contributed by atoms with van der Waals surface area (Å²) in [5, 5.41) is 0. The molecular formula is C11H18. The lowest BCUT2D eigenvalue weighted by molar-refractivity contribution is 0.346. The Morgan fingerprint density at radius 1 is 1.36 bits per heavy atom. The van der Waals surface area contributed by atoms with E-state index < -0.39 is 0 Å². The van der Waals surface area contributed by atoms with E-state index >= 15 is 0 Å². The van der Waals surface area contributed by atoms with Gasteiger partial charge in [-0.05, 0) is 24.7 Å². The second-order valence-electron chi connectivity index (χ2n) is 4.67. The van der Waals surface area contributed by atoms with E-state index in [1.807, 2.05) is 0 Å². The van der Waals surface area contributed by atoms with Crippen molar-refractivity contribution in [2.75, 3.05) is 0 Å². The summed E-state index contributed by atoms with van der Waals surface area (Å²) in [6, 6.07) is 0. The van der Waals surface area contributed by atoms with Crippen LogP contribution in [0.15, 0.2) is 23.8 Å². The minimum atomic E-state index is 0.453. The van der Waals surface area contributed by atoms with Crippen molar-refractivity contribution in [2.24, 2.45) is 11.3 Å². The summed E-state index contributed by atoms with van der Waals surface area (Å²) < 4.78 is 0. The van der Waals surface area contributed by atoms with Gasteiger partial charge in [-0.2, -0.15) is 0 Å². The highest BCUT2D eigenvalue weighted by molar-refractivity contribution is 5.25. The Labute approximate surface area is 70.0 Å². The fraction of sp³-hybridized carbons (Fsp3) is 0.636. The first-order chi connectivity index (χ1) is 4.99. The van der Waals surface area contributed by atoms with E-state index in [1.165, 1.54) is 12.0 Å². The van der Waals surface area contributed by atoms with Crippen molar-refractivity contribution < 1.29 is 0 Å². The minimum Gasteiger partial charge on any atom is -0.0773 e. The predicted molar refractivity (Wildman–Crippen MR) is 50.5 cm³/mol. The summed E-state index contributed by atoms with van der Waals surface area (Å²) >= 11 is 0. The van der Waals surface area contributed by atoms with Gasteiger partial charge in [0.1, 0.15) is 0 Å². The molecule has 0 amide bonds. The summed E-state index contributed by atoms with van der Waals surface area (Å²) in [4.78, 5) is 0. The van der Waals surface area contributed by atoms with Gasteiger partial charge in [-0.1, -0.05) is 44.6 Å². The Kier molecular flexibility index (Phi) is 2.22. The summed E-state index contributed by atoms with van der Waals surface area (Å²) in [6.07, 6.45) is 7.97. The minimum absolute atomic E-state index is 0.453. The van der Waals surface area contributed by atoms with Crippen LogP contribution in [-0.4, -0.2) is 0 Å². The first kappa shape index (κ1) is 8.58. The lowest BCUT2D eigenvalue weighted by Gasteiger charge is -2.22. The molecule has 0 fully saturated rings. The summed E-state index contributed by atoms with van der Waals surface area (Å²) in [7, 11) is 0. The fourth-order valence-corrected chi connectivity index (χ4v) is 1.51. The second-order valence-corrected chi connectivity index (χ2v) is 4.67. The molecule has 1 atom stereocenters. The topological polar surface area (TPSA) is 0 Å². The van der Waals surface area contributed by atoms with E-state index in [1.54, 1.807) is 0 Å². The molecule has 11 heavy (non-hydrogen) atoms. The largest absolute Gasteiger partial charge is 0.0773 e. The van der Waals surface area contributed by atoms with Gasteiger partial charge >= 0.3 is 0 Å². The lowest BCUT2D eigenvalue weighted by Crippen LogP contribution is -2.11. The monoisotopic (exact) mass is 150 g/mol. The molecule has 0 heteroatoms. The van der Waals surface area contributed by atoms with Crippen LogP contribution in [0.3, 0.4) is 0 Å². The zero-order valence-corrected chi connectivity index (χ0v) is 8.02. The average molecular weight is 150 g/mol. The van der Waals surface area contributed by atoms with Gasteiger partial charge in [-0.25, -0.2) is 0 Å². The van der Waals surface area contributed by atoms with Crippen LogP contribution in [-0.2, 0) is 0 Å². The molecule has 0 N–H and O–H groups in total. The van der Waals surface area contributed by atoms with Crippen molar-refractivity contribution in [1.82, 2.24) is 0 Å². The van der Waals surface area contributed by atoms with E-state index in [0.717, 1.165) is 0 Å². The Bertz CT molecular complexity index is 189. The van der Waals surface area contributed by atoms with Gasteiger partial charge in [-0.3, -0.25) is 0 Å². The Hall–Kier alpha value is -0.520. The zero-order valence-electron chi connectivity index (χ0n) is 8.02. The van der Waals surface area contributed by atoms with Crippen molar-refractivity contribution in [1.29, 1.82) is 0 Å². The molecule has 0 saturated carbocycles. The van der Waals surface area contributed by atoms with Crippen molar-refractivity contribution in [3.8, 4) is 0 Å². The summed E-state index contributed by atoms with van der Waals surface area (Å²) in [5.74, 6) is 0.704. The van der Waals surface area contributed by atoms with Crippen molar-refractivity contribution >= 4 is 0 Å². The standard InChI is InChI=1S/C11H18/c1-9-6-5-7-10(9)8-11(2,3)4/h5-7,10H,8H2,1-4H3. The van der Waals surface area contributed by atoms with Gasteiger partial charge in [0.2, 0.25) is 0 Å². The maximum Gasteiger partial charge on any atom is -0.00148 e. The van der Waals surface area contributed by atoms with Crippen LogP contribution in [0.2, 0.25) is 0 Å². The molecule has 0 radical (unpaired) electrons. The quantitative estimate of drug-likeness (QED) is 0.536. The van der Waals surface area contributed by atoms with E-state index in [2.05, 4.69) is 45.9 Å². The van der Waals surface area contributed by atoms with Gasteiger partial charge in [-0.15, -0.1) is 0 Å². The zero-order chi connectivity index (χ0) is 8.48. The molecule has 1 aliphatic rings. The van der Waals surface area contributed by atoms with E-state index in [9.17, 15) is 0 Å². The third kappa shape index (κ3) is 2.53. The fourth-order valence-electron chi connectivity index (χ4n) is 1.51. The first-order valence-electron chi connectivity index (χ1n) is 4.34. The first-order valence-corrected chi connectivity index (χ1v) is 4.34. The third-order valence-corrected chi connectivity index (χ3v) is 2.12. The number of hydrogen-bond donors (Lipinski definition) is 0. The molecule has 0 aromatic carbocycles. The molecule has 0 aliphatic heterocycles. The van der Waals surface area contributed by atoms with Gasteiger partial charge in [0.25, 0.3) is 0 Å². The molecule has 0 bridgehead atoms. The smallest absolute Gasteiger partial charge is 0.00148 e. The molecule has 1 unspecified atom stereocenters. The molecule has 0 nitrogen and oxygen atoms in total. The third-order valence-electron chi connectivity index (χ3n) is 2.12. The molecule has 0 heterocycles. The normalized spacial score (nSPS) is 24.0. The Morgan fingerprint density at radius 3 is 2.36 bits per heavy atom. The molecule has 1 aliphatic carbocycles. The van der Waals surface area contributed by atoms with Gasteiger partial charge in [0.05, 0.1) is 0 Å². The molecule has 0 aromatic rings. The Morgan fingerprint density at radius 2 is 2.00 bits per heavy atom. The average Bonchev–Trinajstić information content (AvgIpc) is 2.12. The Balaban J connectivity index is 2.52. The number of allylic oxidation sites excluding steroid dienone is 4. The maximum atomic E-state index is 2.31. The molecule has 0 saturated heterocycles. The van der Waals surface area contributed by atoms with Crippen molar-refractivity contribution in [3.63, 3.8) is 0 Å². The SMILES string of the molecule is CC1=CC=CC1CC(C)(C)C. The molecule has 62 valence electrons. The van der Waals surface area contributed by atoms with E-state index in [0.29, 0.717) is 11.3 Å². The van der Waals surface area contributed by atoms with Crippen LogP contribution in [0.25, 0.3) is 0 Å². The van der Waals surface area contributed by atoms with E-state index in [-0.39, 0.29) is 0 Å². The molecule has 1 rings (SSSR count). The molecule has 0 spiro atoms. The van der Waals surface area contributed by atoms with Crippen LogP contribution in [0.4, 0.5) is 0 Å². The number of rotatable bonds is 1. The van der Waals surface area contributed by atoms with Gasteiger partial charge < -0.3 is 0 Å². The highest BCUT2D eigenvalue weighted by atomic mass is 14.2. The predicted octanol–water partition coefficient (Wildman–Crippen LogP) is 3.55. The van der Waals surface area contributed by atoms with E-state index in [4.69, 9.17) is 0 Å². The van der Waals surface area contributed by atoms with Crippen LogP contribution < -0.4 is 0 Å². The maximum absolute atomic E-state index is 2.31. The molecule has 0 aromatic heterocycles. The summed E-state index contributed by atoms with van der Waals surface area (Å²) in [6.45, 7) is 9.11. The highest BCUT2D eigenvalue weighted by Gasteiger charge is 2.19. The summed E-state index contributed by atoms with van der Waals surface area (Å²) in [5.41, 5.74) is 1.97. The highest BCUT2D eigenvalue weighted by Crippen LogP contribution is 2.31. The van der Waals surface area contributed by atoms with Crippen LogP contribution in [0.5, 0.6) is 0 Å². The van der Waals surface area contributed by atoms with Gasteiger partial charge in [0, 0.05) is 0 Å². The van der Waals surface area contributed by atoms with Crippen LogP contribution >= 0.6 is 0 Å².